The van der Waals surface area contributed by atoms with Crippen LogP contribution in [0, 0.1) is 0 Å². The van der Waals surface area contributed by atoms with Gasteiger partial charge in [0.2, 0.25) is 21.8 Å². The third kappa shape index (κ3) is 4.74. The SMILES string of the molecule is CCS(=O)(=O)N1CC(=O)N(c2ccc(Cl)cc2)[C@@](C)(C(=O)NCc2ccccc2OC)C1. The molecule has 32 heavy (non-hydrogen) atoms. The highest BCUT2D eigenvalue weighted by atomic mass is 35.5. The van der Waals surface area contributed by atoms with E-state index in [9.17, 15) is 18.0 Å². The number of carbonyl (C=O) groups excluding carboxylic acids is 2. The molecule has 0 saturated carbocycles. The van der Waals surface area contributed by atoms with Crippen LogP contribution in [0.25, 0.3) is 0 Å². The summed E-state index contributed by atoms with van der Waals surface area (Å²) < 4.78 is 31.5. The molecule has 1 fully saturated rings. The zero-order valence-electron chi connectivity index (χ0n) is 18.2. The van der Waals surface area contributed by atoms with Gasteiger partial charge in [-0.2, -0.15) is 4.31 Å². The molecule has 1 aliphatic heterocycles. The van der Waals surface area contributed by atoms with E-state index in [2.05, 4.69) is 5.32 Å². The van der Waals surface area contributed by atoms with Crippen LogP contribution in [0.15, 0.2) is 48.5 Å². The number of carbonyl (C=O) groups is 2. The highest BCUT2D eigenvalue weighted by Gasteiger charge is 2.50. The topological polar surface area (TPSA) is 96.0 Å². The fourth-order valence-electron chi connectivity index (χ4n) is 3.75. The van der Waals surface area contributed by atoms with E-state index in [1.165, 1.54) is 18.9 Å². The number of benzene rings is 2. The summed E-state index contributed by atoms with van der Waals surface area (Å²) in [5.74, 6) is -0.532. The Hall–Kier alpha value is -2.62. The first-order chi connectivity index (χ1) is 15.1. The van der Waals surface area contributed by atoms with Gasteiger partial charge in [0.15, 0.2) is 0 Å². The molecule has 0 radical (unpaired) electrons. The third-order valence-electron chi connectivity index (χ3n) is 5.50. The van der Waals surface area contributed by atoms with Gasteiger partial charge in [-0.25, -0.2) is 8.42 Å². The number of hydrogen-bond donors (Lipinski definition) is 1. The third-order valence-corrected chi connectivity index (χ3v) is 7.53. The van der Waals surface area contributed by atoms with Crippen LogP contribution in [-0.4, -0.2) is 56.0 Å². The molecule has 1 aliphatic rings. The minimum absolute atomic E-state index is 0.154. The van der Waals surface area contributed by atoms with Crippen LogP contribution in [0.3, 0.4) is 0 Å². The summed E-state index contributed by atoms with van der Waals surface area (Å²) in [4.78, 5) is 27.9. The largest absolute Gasteiger partial charge is 0.496 e. The molecule has 10 heteroatoms. The number of hydrogen-bond acceptors (Lipinski definition) is 5. The van der Waals surface area contributed by atoms with E-state index in [4.69, 9.17) is 16.3 Å². The minimum atomic E-state index is -3.68. The second kappa shape index (κ2) is 9.48. The van der Waals surface area contributed by atoms with E-state index >= 15 is 0 Å². The smallest absolute Gasteiger partial charge is 0.247 e. The normalized spacial score (nSPS) is 19.6. The van der Waals surface area contributed by atoms with E-state index in [0.717, 1.165) is 9.87 Å². The Kier molecular flexibility index (Phi) is 7.12. The van der Waals surface area contributed by atoms with Gasteiger partial charge in [-0.05, 0) is 44.2 Å². The van der Waals surface area contributed by atoms with E-state index in [0.29, 0.717) is 16.5 Å². The number of piperazine rings is 1. The summed E-state index contributed by atoms with van der Waals surface area (Å²) in [6, 6.07) is 13.7. The lowest BCUT2D eigenvalue weighted by atomic mass is 9.94. The lowest BCUT2D eigenvalue weighted by Crippen LogP contribution is -2.70. The van der Waals surface area contributed by atoms with Crippen LogP contribution in [0.1, 0.15) is 19.4 Å². The number of rotatable bonds is 7. The molecule has 1 N–H and O–H groups in total. The molecule has 0 aliphatic carbocycles. The summed E-state index contributed by atoms with van der Waals surface area (Å²) in [5, 5.41) is 3.33. The fourth-order valence-corrected chi connectivity index (χ4v) is 5.00. The van der Waals surface area contributed by atoms with Gasteiger partial charge in [0.05, 0.1) is 19.4 Å². The van der Waals surface area contributed by atoms with Crippen molar-refractivity contribution in [3.05, 3.63) is 59.1 Å². The van der Waals surface area contributed by atoms with E-state index in [1.54, 1.807) is 37.3 Å². The van der Waals surface area contributed by atoms with Crippen LogP contribution in [0.4, 0.5) is 5.69 Å². The van der Waals surface area contributed by atoms with E-state index < -0.39 is 27.4 Å². The first kappa shape index (κ1) is 24.0. The summed E-state index contributed by atoms with van der Waals surface area (Å²) in [5.41, 5.74) is -0.263. The van der Waals surface area contributed by atoms with Crippen molar-refractivity contribution in [2.45, 2.75) is 25.9 Å². The maximum absolute atomic E-state index is 13.5. The molecule has 0 aromatic heterocycles. The Labute approximate surface area is 193 Å². The Bertz CT molecular complexity index is 1110. The van der Waals surface area contributed by atoms with Crippen molar-refractivity contribution in [2.24, 2.45) is 0 Å². The molecule has 2 aromatic carbocycles. The molecule has 3 rings (SSSR count). The van der Waals surface area contributed by atoms with Crippen LogP contribution in [-0.2, 0) is 26.2 Å². The number of sulfonamides is 1. The van der Waals surface area contributed by atoms with Gasteiger partial charge in [-0.1, -0.05) is 29.8 Å². The van der Waals surface area contributed by atoms with Gasteiger partial charge in [0.25, 0.3) is 0 Å². The van der Waals surface area contributed by atoms with Gasteiger partial charge in [-0.3, -0.25) is 14.5 Å². The van der Waals surface area contributed by atoms with Gasteiger partial charge >= 0.3 is 0 Å². The predicted molar refractivity (Wildman–Crippen MR) is 123 cm³/mol. The van der Waals surface area contributed by atoms with Crippen LogP contribution >= 0.6 is 11.6 Å². The molecule has 1 atom stereocenters. The first-order valence-corrected chi connectivity index (χ1v) is 12.1. The second-order valence-electron chi connectivity index (χ2n) is 7.64. The van der Waals surface area contributed by atoms with Crippen molar-refractivity contribution in [1.82, 2.24) is 9.62 Å². The standard InChI is InChI=1S/C22H26ClN3O5S/c1-4-32(29,30)25-14-20(27)26(18-11-9-17(23)10-12-18)22(2,15-25)21(28)24-13-16-7-5-6-8-19(16)31-3/h5-12H,4,13-15H2,1-3H3,(H,24,28)/t22-/m1/s1. The summed E-state index contributed by atoms with van der Waals surface area (Å²) in [7, 11) is -2.14. The number of ether oxygens (including phenoxy) is 1. The van der Waals surface area contributed by atoms with Crippen molar-refractivity contribution >= 4 is 39.1 Å². The number of amides is 2. The number of para-hydroxylation sites is 1. The lowest BCUT2D eigenvalue weighted by Gasteiger charge is -2.46. The van der Waals surface area contributed by atoms with Crippen LogP contribution in [0.5, 0.6) is 5.75 Å². The van der Waals surface area contributed by atoms with Crippen molar-refractivity contribution in [1.29, 1.82) is 0 Å². The maximum Gasteiger partial charge on any atom is 0.247 e. The number of anilines is 1. The van der Waals surface area contributed by atoms with E-state index in [1.807, 2.05) is 18.2 Å². The van der Waals surface area contributed by atoms with E-state index in [-0.39, 0.29) is 25.4 Å². The zero-order valence-corrected chi connectivity index (χ0v) is 19.7. The van der Waals surface area contributed by atoms with Crippen LogP contribution < -0.4 is 15.0 Å². The molecule has 172 valence electrons. The average molecular weight is 480 g/mol. The average Bonchev–Trinajstić information content (AvgIpc) is 2.78. The molecule has 2 aromatic rings. The maximum atomic E-state index is 13.5. The molecule has 1 saturated heterocycles. The highest BCUT2D eigenvalue weighted by molar-refractivity contribution is 7.89. The number of methoxy groups -OCH3 is 1. The molecular weight excluding hydrogens is 454 g/mol. The Morgan fingerprint density at radius 3 is 2.47 bits per heavy atom. The molecule has 2 amide bonds. The van der Waals surface area contributed by atoms with Gasteiger partial charge in [0.1, 0.15) is 11.3 Å². The van der Waals surface area contributed by atoms with Crippen molar-refractivity contribution in [2.75, 3.05) is 30.9 Å². The quantitative estimate of drug-likeness (QED) is 0.658. The Morgan fingerprint density at radius 1 is 1.19 bits per heavy atom. The molecule has 0 spiro atoms. The molecule has 8 nitrogen and oxygen atoms in total. The van der Waals surface area contributed by atoms with Crippen molar-refractivity contribution in [3.63, 3.8) is 0 Å². The minimum Gasteiger partial charge on any atom is -0.496 e. The summed E-state index contributed by atoms with van der Waals surface area (Å²) in [6.07, 6.45) is 0. The Balaban J connectivity index is 1.96. The fraction of sp³-hybridized carbons (Fsp3) is 0.364. The number of nitrogens with one attached hydrogen (secondary N) is 1. The van der Waals surface area contributed by atoms with Crippen LogP contribution in [0.2, 0.25) is 5.02 Å². The van der Waals surface area contributed by atoms with Gasteiger partial charge in [-0.15, -0.1) is 0 Å². The summed E-state index contributed by atoms with van der Waals surface area (Å²) in [6.45, 7) is 2.71. The number of halogens is 1. The van der Waals surface area contributed by atoms with Crippen molar-refractivity contribution < 1.29 is 22.7 Å². The number of nitrogens with zero attached hydrogens (tertiary/aromatic N) is 2. The first-order valence-electron chi connectivity index (χ1n) is 10.1. The Morgan fingerprint density at radius 2 is 1.84 bits per heavy atom. The van der Waals surface area contributed by atoms with Crippen molar-refractivity contribution in [3.8, 4) is 5.75 Å². The second-order valence-corrected chi connectivity index (χ2v) is 10.3. The highest BCUT2D eigenvalue weighted by Crippen LogP contribution is 2.32. The zero-order chi connectivity index (χ0) is 23.5. The monoisotopic (exact) mass is 479 g/mol. The lowest BCUT2D eigenvalue weighted by molar-refractivity contribution is -0.133. The molecular formula is C22H26ClN3O5S. The predicted octanol–water partition coefficient (Wildman–Crippen LogP) is 2.42. The van der Waals surface area contributed by atoms with Gasteiger partial charge < -0.3 is 10.1 Å². The van der Waals surface area contributed by atoms with Gasteiger partial charge in [0, 0.05) is 29.4 Å². The molecule has 0 bridgehead atoms. The summed E-state index contributed by atoms with van der Waals surface area (Å²) >= 11 is 5.99. The molecule has 0 unspecified atom stereocenters. The molecule has 1 heterocycles.